The van der Waals surface area contributed by atoms with Gasteiger partial charge in [0.25, 0.3) is 5.91 Å². The molecule has 1 aromatic carbocycles. The Morgan fingerprint density at radius 3 is 2.71 bits per heavy atom. The average Bonchev–Trinajstić information content (AvgIpc) is 3.54. The van der Waals surface area contributed by atoms with Crippen LogP contribution in [-0.4, -0.2) is 62.5 Å². The van der Waals surface area contributed by atoms with Gasteiger partial charge < -0.3 is 30.9 Å². The zero-order valence-electron chi connectivity index (χ0n) is 19.5. The smallest absolute Gasteiger partial charge is 0.256 e. The van der Waals surface area contributed by atoms with Crippen molar-refractivity contribution < 1.29 is 20.1 Å². The number of hydrogen-bond donors (Lipinski definition) is 5. The summed E-state index contributed by atoms with van der Waals surface area (Å²) in [6.45, 7) is 1.11. The number of hydrogen-bond acceptors (Lipinski definition) is 8. The highest BCUT2D eigenvalue weighted by Gasteiger charge is 2.53. The molecule has 5 rings (SSSR count). The first kappa shape index (κ1) is 24.2. The fourth-order valence-electron chi connectivity index (χ4n) is 5.35. The Morgan fingerprint density at radius 1 is 1.20 bits per heavy atom. The zero-order valence-corrected chi connectivity index (χ0v) is 20.3. The number of nitrogens with zero attached hydrogens (tertiary/aromatic N) is 3. The molecule has 9 nitrogen and oxygen atoms in total. The third-order valence-corrected chi connectivity index (χ3v) is 7.90. The Kier molecular flexibility index (Phi) is 7.11. The van der Waals surface area contributed by atoms with Crippen molar-refractivity contribution in [2.75, 3.05) is 23.4 Å². The lowest BCUT2D eigenvalue weighted by Crippen LogP contribution is -2.39. The van der Waals surface area contributed by atoms with Crippen LogP contribution in [0.5, 0.6) is 0 Å². The molecule has 2 heterocycles. The van der Waals surface area contributed by atoms with E-state index in [1.54, 1.807) is 18.3 Å². The number of piperidine rings is 1. The van der Waals surface area contributed by atoms with Crippen molar-refractivity contribution in [1.82, 2.24) is 15.3 Å². The topological polar surface area (TPSA) is 131 Å². The minimum atomic E-state index is -0.293. The van der Waals surface area contributed by atoms with Crippen molar-refractivity contribution in [3.63, 3.8) is 0 Å². The summed E-state index contributed by atoms with van der Waals surface area (Å²) in [7, 11) is 0. The zero-order chi connectivity index (χ0) is 24.5. The van der Waals surface area contributed by atoms with Gasteiger partial charge in [0.2, 0.25) is 5.95 Å². The molecule has 188 valence electrons. The number of aliphatic hydroxyl groups excluding tert-OH is 3. The number of benzene rings is 1. The van der Waals surface area contributed by atoms with Crippen LogP contribution in [0.25, 0.3) is 0 Å². The number of halogens is 1. The number of carbonyl (C=O) groups is 1. The van der Waals surface area contributed by atoms with Crippen molar-refractivity contribution >= 4 is 29.3 Å². The van der Waals surface area contributed by atoms with E-state index in [0.29, 0.717) is 59.1 Å². The SMILES string of the molecule is O=C(N[C@H]1CC[C@H](O)CC1)c1cnc(N2CC3CC3C2CO)nc1NCc1ccc(CO)c(Cl)c1. The van der Waals surface area contributed by atoms with E-state index in [1.807, 2.05) is 11.0 Å². The molecule has 10 heteroatoms. The number of anilines is 2. The van der Waals surface area contributed by atoms with E-state index in [-0.39, 0.29) is 37.3 Å². The number of amides is 1. The standard InChI is InChI=1S/C25H32ClN5O4/c26-21-7-14(1-2-15(21)12-32)9-27-23-20(24(35)29-17-3-5-18(34)6-4-17)10-28-25(30-23)31-11-16-8-19(16)22(31)13-33/h1-2,7,10,16-19,22,32-34H,3-6,8-9,11-13H2,(H,29,35)(H,27,28,30)/t16?,17-,18-,19?,22?. The minimum Gasteiger partial charge on any atom is -0.394 e. The number of rotatable bonds is 8. The largest absolute Gasteiger partial charge is 0.394 e. The van der Waals surface area contributed by atoms with E-state index in [9.17, 15) is 20.1 Å². The minimum absolute atomic E-state index is 0.00558. The summed E-state index contributed by atoms with van der Waals surface area (Å²) in [5.41, 5.74) is 1.89. The summed E-state index contributed by atoms with van der Waals surface area (Å²) in [5, 5.41) is 35.9. The maximum atomic E-state index is 13.2. The lowest BCUT2D eigenvalue weighted by Gasteiger charge is -2.28. The van der Waals surface area contributed by atoms with Crippen LogP contribution in [0.3, 0.4) is 0 Å². The third-order valence-electron chi connectivity index (χ3n) is 7.55. The molecule has 35 heavy (non-hydrogen) atoms. The number of fused-ring (bicyclic) bond motifs is 1. The second-order valence-corrected chi connectivity index (χ2v) is 10.3. The third kappa shape index (κ3) is 5.23. The van der Waals surface area contributed by atoms with Gasteiger partial charge in [-0.05, 0) is 61.1 Å². The molecule has 3 atom stereocenters. The van der Waals surface area contributed by atoms with Gasteiger partial charge in [-0.2, -0.15) is 4.98 Å². The van der Waals surface area contributed by atoms with Crippen molar-refractivity contribution in [1.29, 1.82) is 0 Å². The van der Waals surface area contributed by atoms with E-state index in [2.05, 4.69) is 15.6 Å². The van der Waals surface area contributed by atoms with Gasteiger partial charge in [0.05, 0.1) is 25.4 Å². The molecule has 0 spiro atoms. The lowest BCUT2D eigenvalue weighted by molar-refractivity contribution is 0.0867. The van der Waals surface area contributed by atoms with E-state index in [0.717, 1.165) is 31.4 Å². The van der Waals surface area contributed by atoms with E-state index in [4.69, 9.17) is 16.6 Å². The molecular formula is C25H32ClN5O4. The first-order valence-electron chi connectivity index (χ1n) is 12.3. The molecule has 1 amide bonds. The molecule has 2 aliphatic carbocycles. The molecule has 1 aromatic heterocycles. The van der Waals surface area contributed by atoms with Gasteiger partial charge in [0, 0.05) is 30.4 Å². The Balaban J connectivity index is 1.37. The number of aromatic nitrogens is 2. The van der Waals surface area contributed by atoms with Crippen LogP contribution in [0, 0.1) is 11.8 Å². The van der Waals surface area contributed by atoms with Gasteiger partial charge >= 0.3 is 0 Å². The second-order valence-electron chi connectivity index (χ2n) is 9.91. The molecule has 5 N–H and O–H groups in total. The summed E-state index contributed by atoms with van der Waals surface area (Å²) in [5.74, 6) is 1.73. The second kappa shape index (κ2) is 10.3. The van der Waals surface area contributed by atoms with Crippen LogP contribution in [0.2, 0.25) is 5.02 Å². The molecular weight excluding hydrogens is 470 g/mol. The average molecular weight is 502 g/mol. The van der Waals surface area contributed by atoms with Crippen molar-refractivity contribution in [3.8, 4) is 0 Å². The van der Waals surface area contributed by atoms with Crippen LogP contribution >= 0.6 is 11.6 Å². The van der Waals surface area contributed by atoms with Gasteiger partial charge in [-0.15, -0.1) is 0 Å². The number of carbonyl (C=O) groups excluding carboxylic acids is 1. The van der Waals surface area contributed by atoms with Crippen molar-refractivity contribution in [2.24, 2.45) is 11.8 Å². The Morgan fingerprint density at radius 2 is 2.00 bits per heavy atom. The van der Waals surface area contributed by atoms with Crippen LogP contribution in [0.1, 0.15) is 53.6 Å². The monoisotopic (exact) mass is 501 g/mol. The number of aliphatic hydroxyl groups is 3. The van der Waals surface area contributed by atoms with Crippen LogP contribution < -0.4 is 15.5 Å². The Labute approximate surface area is 209 Å². The summed E-state index contributed by atoms with van der Waals surface area (Å²) < 4.78 is 0. The van der Waals surface area contributed by atoms with E-state index < -0.39 is 0 Å². The van der Waals surface area contributed by atoms with Crippen LogP contribution in [-0.2, 0) is 13.2 Å². The molecule has 3 unspecified atom stereocenters. The first-order valence-corrected chi connectivity index (χ1v) is 12.7. The number of nitrogens with one attached hydrogen (secondary N) is 2. The fourth-order valence-corrected chi connectivity index (χ4v) is 5.61. The summed E-state index contributed by atoms with van der Waals surface area (Å²) in [4.78, 5) is 24.5. The molecule has 1 aliphatic heterocycles. The molecule has 0 radical (unpaired) electrons. The van der Waals surface area contributed by atoms with Gasteiger partial charge in [-0.25, -0.2) is 4.98 Å². The predicted octanol–water partition coefficient (Wildman–Crippen LogP) is 2.08. The molecule has 0 bridgehead atoms. The maximum Gasteiger partial charge on any atom is 0.256 e. The first-order chi connectivity index (χ1) is 17.0. The van der Waals surface area contributed by atoms with Crippen molar-refractivity contribution in [2.45, 2.75) is 63.4 Å². The summed E-state index contributed by atoms with van der Waals surface area (Å²) >= 11 is 6.25. The summed E-state index contributed by atoms with van der Waals surface area (Å²) in [6, 6.07) is 5.44. The Hall–Kier alpha value is -2.46. The molecule has 3 aliphatic rings. The van der Waals surface area contributed by atoms with Gasteiger partial charge in [0.1, 0.15) is 11.4 Å². The highest BCUT2D eigenvalue weighted by Crippen LogP contribution is 2.50. The highest BCUT2D eigenvalue weighted by atomic mass is 35.5. The molecule has 2 aromatic rings. The van der Waals surface area contributed by atoms with E-state index >= 15 is 0 Å². The van der Waals surface area contributed by atoms with Gasteiger partial charge in [0.15, 0.2) is 0 Å². The molecule has 1 saturated heterocycles. The van der Waals surface area contributed by atoms with Crippen LogP contribution in [0.15, 0.2) is 24.4 Å². The fraction of sp³-hybridized carbons (Fsp3) is 0.560. The van der Waals surface area contributed by atoms with Gasteiger partial charge in [-0.3, -0.25) is 4.79 Å². The quantitative estimate of drug-likeness (QED) is 0.371. The maximum absolute atomic E-state index is 13.2. The van der Waals surface area contributed by atoms with Crippen LogP contribution in [0.4, 0.5) is 11.8 Å². The van der Waals surface area contributed by atoms with E-state index in [1.165, 1.54) is 0 Å². The predicted molar refractivity (Wildman–Crippen MR) is 132 cm³/mol. The lowest BCUT2D eigenvalue weighted by atomic mass is 9.93. The summed E-state index contributed by atoms with van der Waals surface area (Å²) in [6.07, 6.45) is 5.22. The van der Waals surface area contributed by atoms with Gasteiger partial charge in [-0.1, -0.05) is 23.7 Å². The van der Waals surface area contributed by atoms with Crippen molar-refractivity contribution in [3.05, 3.63) is 46.1 Å². The Bertz CT molecular complexity index is 1080. The normalized spacial score (nSPS) is 27.4. The molecule has 2 saturated carbocycles. The molecule has 3 fully saturated rings. The highest BCUT2D eigenvalue weighted by molar-refractivity contribution is 6.31.